The van der Waals surface area contributed by atoms with Gasteiger partial charge in [-0.25, -0.2) is 4.57 Å². The Hall–Kier alpha value is -3.11. The summed E-state index contributed by atoms with van der Waals surface area (Å²) in [6, 6.07) is -1.49. The largest absolute Gasteiger partial charge is 0.480 e. The minimum atomic E-state index is -4.64. The molecule has 3 atom stereocenters. The summed E-state index contributed by atoms with van der Waals surface area (Å²) in [5, 5.41) is 8.92. The first-order valence-electron chi connectivity index (χ1n) is 23.8. The van der Waals surface area contributed by atoms with Gasteiger partial charge in [-0.05, 0) is 96.3 Å². The van der Waals surface area contributed by atoms with E-state index < -0.39 is 45.1 Å². The Balaban J connectivity index is 4.32. The molecule has 0 aromatic rings. The van der Waals surface area contributed by atoms with Crippen molar-refractivity contribution in [1.82, 2.24) is 0 Å². The molecule has 0 fully saturated rings. The number of carboxylic acid groups (broad SMARTS) is 1. The third-order valence-electron chi connectivity index (χ3n) is 9.60. The monoisotopic (exact) mass is 888 g/mol. The van der Waals surface area contributed by atoms with Gasteiger partial charge in [0.25, 0.3) is 0 Å². The standard InChI is InChI=1S/C51H86NO9P/c1-3-5-7-9-11-13-15-17-19-21-23-24-25-27-29-31-33-35-37-39-41-43-50(53)61-48(46-59-62(56,57)60-47-49(52)51(54)55)45-58-44-42-40-38-36-34-32-30-28-26-22-20-18-16-14-12-10-8-6-4-2/h5,7,11,13-14,16-17,19-20,22-24,27,29,33,35,48-49H,3-4,6,8-10,12,15,18,21,25-26,28,30-32,34,36-47,52H2,1-2H3,(H,54,55)(H,56,57)/b7-5-,13-11-,16-14-,19-17-,22-20-,24-23-,29-27-,35-33-. The quantitative estimate of drug-likeness (QED) is 0.0233. The van der Waals surface area contributed by atoms with Crippen molar-refractivity contribution in [3.05, 3.63) is 97.2 Å². The number of phosphoric acid groups is 1. The molecule has 4 N–H and O–H groups in total. The van der Waals surface area contributed by atoms with Gasteiger partial charge in [-0.2, -0.15) is 0 Å². The smallest absolute Gasteiger partial charge is 0.472 e. The van der Waals surface area contributed by atoms with Crippen molar-refractivity contribution < 1.29 is 42.7 Å². The molecule has 0 radical (unpaired) electrons. The summed E-state index contributed by atoms with van der Waals surface area (Å²) in [6.45, 7) is 3.67. The van der Waals surface area contributed by atoms with E-state index in [0.29, 0.717) is 13.0 Å². The van der Waals surface area contributed by atoms with E-state index in [1.807, 2.05) is 0 Å². The van der Waals surface area contributed by atoms with Crippen molar-refractivity contribution in [3.63, 3.8) is 0 Å². The van der Waals surface area contributed by atoms with Crippen molar-refractivity contribution in [2.45, 2.75) is 187 Å². The first kappa shape index (κ1) is 58.9. The zero-order chi connectivity index (χ0) is 45.5. The third kappa shape index (κ3) is 44.9. The molecule has 3 unspecified atom stereocenters. The lowest BCUT2D eigenvalue weighted by atomic mass is 10.1. The van der Waals surface area contributed by atoms with Crippen molar-refractivity contribution in [2.24, 2.45) is 5.73 Å². The number of carboxylic acids is 1. The van der Waals surface area contributed by atoms with E-state index >= 15 is 0 Å². The van der Waals surface area contributed by atoms with Crippen molar-refractivity contribution in [3.8, 4) is 0 Å². The number of hydrogen-bond acceptors (Lipinski definition) is 8. The van der Waals surface area contributed by atoms with Gasteiger partial charge < -0.3 is 25.2 Å². The van der Waals surface area contributed by atoms with E-state index in [4.69, 9.17) is 29.4 Å². The van der Waals surface area contributed by atoms with Gasteiger partial charge in [0, 0.05) is 13.0 Å². The molecule has 0 saturated heterocycles. The lowest BCUT2D eigenvalue weighted by Gasteiger charge is -2.20. The number of nitrogens with two attached hydrogens (primary N) is 1. The van der Waals surface area contributed by atoms with Gasteiger partial charge in [0.1, 0.15) is 12.1 Å². The van der Waals surface area contributed by atoms with Gasteiger partial charge >= 0.3 is 19.8 Å². The highest BCUT2D eigenvalue weighted by molar-refractivity contribution is 7.47. The lowest BCUT2D eigenvalue weighted by Crippen LogP contribution is -2.34. The van der Waals surface area contributed by atoms with Gasteiger partial charge in [0.05, 0.1) is 19.8 Å². The number of esters is 1. The second-order valence-corrected chi connectivity index (χ2v) is 17.0. The van der Waals surface area contributed by atoms with Gasteiger partial charge in [-0.3, -0.25) is 18.6 Å². The Labute approximate surface area is 377 Å². The van der Waals surface area contributed by atoms with Crippen LogP contribution < -0.4 is 5.73 Å². The highest BCUT2D eigenvalue weighted by Crippen LogP contribution is 2.43. The summed E-state index contributed by atoms with van der Waals surface area (Å²) in [5.41, 5.74) is 5.36. The normalized spacial score (nSPS) is 14.6. The predicted octanol–water partition coefficient (Wildman–Crippen LogP) is 13.7. The second-order valence-electron chi connectivity index (χ2n) is 15.5. The molecule has 0 aromatic carbocycles. The summed E-state index contributed by atoms with van der Waals surface area (Å²) >= 11 is 0. The maximum Gasteiger partial charge on any atom is 0.472 e. The molecular formula is C51H86NO9P. The fourth-order valence-corrected chi connectivity index (χ4v) is 6.71. The minimum Gasteiger partial charge on any atom is -0.480 e. The van der Waals surface area contributed by atoms with Crippen LogP contribution in [0.2, 0.25) is 0 Å². The number of phosphoric ester groups is 1. The Morgan fingerprint density at radius 3 is 1.40 bits per heavy atom. The van der Waals surface area contributed by atoms with E-state index in [-0.39, 0.29) is 13.0 Å². The summed E-state index contributed by atoms with van der Waals surface area (Å²) in [7, 11) is -4.64. The first-order valence-corrected chi connectivity index (χ1v) is 25.3. The minimum absolute atomic E-state index is 0.0112. The van der Waals surface area contributed by atoms with E-state index in [2.05, 4.69) is 111 Å². The number of carbonyl (C=O) groups is 2. The molecule has 0 bridgehead atoms. The maximum absolute atomic E-state index is 12.7. The van der Waals surface area contributed by atoms with Gasteiger partial charge in [-0.15, -0.1) is 0 Å². The molecule has 0 rings (SSSR count). The number of rotatable bonds is 44. The van der Waals surface area contributed by atoms with Crippen LogP contribution in [0.25, 0.3) is 0 Å². The molecule has 0 aliphatic rings. The lowest BCUT2D eigenvalue weighted by molar-refractivity contribution is -0.154. The molecule has 10 nitrogen and oxygen atoms in total. The van der Waals surface area contributed by atoms with Crippen LogP contribution in [0.15, 0.2) is 97.2 Å². The zero-order valence-corrected chi connectivity index (χ0v) is 39.6. The van der Waals surface area contributed by atoms with Crippen LogP contribution in [0, 0.1) is 0 Å². The second kappa shape index (κ2) is 45.9. The van der Waals surface area contributed by atoms with Crippen molar-refractivity contribution in [2.75, 3.05) is 26.4 Å². The summed E-state index contributed by atoms with van der Waals surface area (Å²) in [6.07, 6.45) is 60.3. The SMILES string of the molecule is CC/C=C\C/C=C\C/C=C\C/C=C\C/C=C\C/C=C\CCCCC(=O)OC(COCCCCCCCCCC/C=C\C/C=C\CCCCCC)COP(=O)(O)OCC(N)C(=O)O. The molecule has 0 heterocycles. The van der Waals surface area contributed by atoms with Crippen LogP contribution in [0.1, 0.15) is 174 Å². The van der Waals surface area contributed by atoms with Crippen LogP contribution in [0.5, 0.6) is 0 Å². The summed E-state index contributed by atoms with van der Waals surface area (Å²) in [5.74, 6) is -1.83. The predicted molar refractivity (Wildman–Crippen MR) is 258 cm³/mol. The number of ether oxygens (including phenoxy) is 2. The summed E-state index contributed by atoms with van der Waals surface area (Å²) in [4.78, 5) is 33.6. The van der Waals surface area contributed by atoms with E-state index in [0.717, 1.165) is 83.5 Å². The van der Waals surface area contributed by atoms with Gasteiger partial charge in [0.2, 0.25) is 0 Å². The van der Waals surface area contributed by atoms with Crippen LogP contribution in [0.3, 0.4) is 0 Å². The topological polar surface area (TPSA) is 155 Å². The van der Waals surface area contributed by atoms with E-state index in [9.17, 15) is 19.0 Å². The molecule has 62 heavy (non-hydrogen) atoms. The zero-order valence-electron chi connectivity index (χ0n) is 38.7. The average molecular weight is 888 g/mol. The highest BCUT2D eigenvalue weighted by atomic mass is 31.2. The maximum atomic E-state index is 12.7. The van der Waals surface area contributed by atoms with Crippen molar-refractivity contribution >= 4 is 19.8 Å². The number of aliphatic carboxylic acids is 1. The Kier molecular flexibility index (Phi) is 43.6. The fraction of sp³-hybridized carbons (Fsp3) is 0.647. The van der Waals surface area contributed by atoms with Crippen LogP contribution in [-0.4, -0.2) is 60.5 Å². The van der Waals surface area contributed by atoms with E-state index in [1.165, 1.54) is 64.2 Å². The molecular weight excluding hydrogens is 802 g/mol. The Morgan fingerprint density at radius 1 is 0.532 bits per heavy atom. The van der Waals surface area contributed by atoms with Gasteiger partial charge in [0.15, 0.2) is 0 Å². The molecule has 0 amide bonds. The van der Waals surface area contributed by atoms with Crippen molar-refractivity contribution in [1.29, 1.82) is 0 Å². The van der Waals surface area contributed by atoms with Crippen LogP contribution >= 0.6 is 7.82 Å². The Morgan fingerprint density at radius 2 is 0.935 bits per heavy atom. The van der Waals surface area contributed by atoms with E-state index in [1.54, 1.807) is 0 Å². The summed E-state index contributed by atoms with van der Waals surface area (Å²) < 4.78 is 33.4. The molecule has 0 aromatic heterocycles. The number of carbonyl (C=O) groups excluding carboxylic acids is 1. The number of hydrogen-bond donors (Lipinski definition) is 3. The first-order chi connectivity index (χ1) is 30.2. The molecule has 11 heteroatoms. The molecule has 354 valence electrons. The van der Waals surface area contributed by atoms with Crippen LogP contribution in [-0.2, 0) is 32.7 Å². The van der Waals surface area contributed by atoms with Crippen LogP contribution in [0.4, 0.5) is 0 Å². The number of unbranched alkanes of at least 4 members (excludes halogenated alkanes) is 14. The van der Waals surface area contributed by atoms with Gasteiger partial charge in [-0.1, -0.05) is 169 Å². The molecule has 0 spiro atoms. The molecule has 0 aliphatic heterocycles. The highest BCUT2D eigenvalue weighted by Gasteiger charge is 2.27. The fourth-order valence-electron chi connectivity index (χ4n) is 5.93. The third-order valence-corrected chi connectivity index (χ3v) is 10.5. The average Bonchev–Trinajstić information content (AvgIpc) is 3.25. The Bertz CT molecular complexity index is 1350. The number of allylic oxidation sites excluding steroid dienone is 16. The molecule has 0 aliphatic carbocycles. The molecule has 0 saturated carbocycles.